The molecular weight excluding hydrogens is 318 g/mol. The first-order valence-corrected chi connectivity index (χ1v) is 9.44. The summed E-state index contributed by atoms with van der Waals surface area (Å²) in [5, 5.41) is 5.22. The van der Waals surface area contributed by atoms with Crippen molar-refractivity contribution in [1.82, 2.24) is 10.2 Å². The van der Waals surface area contributed by atoms with Crippen molar-refractivity contribution in [3.8, 4) is 0 Å². The molecule has 2 heterocycles. The molecule has 4 nitrogen and oxygen atoms in total. The Bertz CT molecular complexity index is 631. The van der Waals surface area contributed by atoms with Gasteiger partial charge in [0.15, 0.2) is 0 Å². The zero-order valence-corrected chi connectivity index (χ0v) is 14.7. The van der Waals surface area contributed by atoms with Crippen molar-refractivity contribution < 1.29 is 4.79 Å². The second-order valence-electron chi connectivity index (χ2n) is 6.41. The van der Waals surface area contributed by atoms with Gasteiger partial charge in [-0.05, 0) is 61.0 Å². The van der Waals surface area contributed by atoms with Gasteiger partial charge >= 0.3 is 0 Å². The molecule has 0 aliphatic carbocycles. The predicted octanol–water partition coefficient (Wildman–Crippen LogP) is 2.85. The molecule has 1 fully saturated rings. The van der Waals surface area contributed by atoms with Gasteiger partial charge in [0, 0.05) is 30.1 Å². The molecule has 3 rings (SSSR count). The number of carbonyl (C=O) groups excluding carboxylic acids is 1. The molecule has 0 radical (unpaired) electrons. The molecule has 0 unspecified atom stereocenters. The van der Waals surface area contributed by atoms with Crippen molar-refractivity contribution in [2.24, 2.45) is 11.7 Å². The molecule has 2 aromatic rings. The number of hydrogen-bond acceptors (Lipinski definition) is 4. The fourth-order valence-electron chi connectivity index (χ4n) is 3.10. The number of hydrogen-bond donors (Lipinski definition) is 2. The molecule has 1 saturated heterocycles. The fraction of sp³-hybridized carbons (Fsp3) is 0.421. The van der Waals surface area contributed by atoms with E-state index in [0.717, 1.165) is 44.6 Å². The summed E-state index contributed by atoms with van der Waals surface area (Å²) >= 11 is 1.83. The molecule has 1 aliphatic rings. The summed E-state index contributed by atoms with van der Waals surface area (Å²) in [6, 6.07) is 11.8. The van der Waals surface area contributed by atoms with Gasteiger partial charge in [0.05, 0.1) is 0 Å². The van der Waals surface area contributed by atoms with Gasteiger partial charge in [-0.3, -0.25) is 9.69 Å². The highest BCUT2D eigenvalue weighted by atomic mass is 32.1. The third kappa shape index (κ3) is 4.66. The molecule has 3 N–H and O–H groups in total. The molecule has 5 heteroatoms. The lowest BCUT2D eigenvalue weighted by atomic mass is 9.96. The molecule has 1 aromatic carbocycles. The number of carbonyl (C=O) groups is 1. The van der Waals surface area contributed by atoms with Crippen LogP contribution in [0.2, 0.25) is 0 Å². The summed E-state index contributed by atoms with van der Waals surface area (Å²) in [5.41, 5.74) is 7.34. The quantitative estimate of drug-likeness (QED) is 0.848. The van der Waals surface area contributed by atoms with E-state index >= 15 is 0 Å². The second-order valence-corrected chi connectivity index (χ2v) is 7.44. The van der Waals surface area contributed by atoms with E-state index in [4.69, 9.17) is 5.73 Å². The minimum atomic E-state index is 0.0135. The lowest BCUT2D eigenvalue weighted by Crippen LogP contribution is -2.38. The van der Waals surface area contributed by atoms with Crippen LogP contribution < -0.4 is 11.1 Å². The van der Waals surface area contributed by atoms with Crippen molar-refractivity contribution >= 4 is 17.2 Å². The van der Waals surface area contributed by atoms with Crippen molar-refractivity contribution in [3.05, 3.63) is 57.8 Å². The molecule has 0 bridgehead atoms. The number of nitrogens with two attached hydrogens (primary N) is 1. The molecule has 0 atom stereocenters. The average molecular weight is 343 g/mol. The van der Waals surface area contributed by atoms with Crippen LogP contribution in [0.3, 0.4) is 0 Å². The highest BCUT2D eigenvalue weighted by Crippen LogP contribution is 2.20. The Morgan fingerprint density at radius 1 is 1.21 bits per heavy atom. The van der Waals surface area contributed by atoms with Crippen LogP contribution in [0.15, 0.2) is 41.8 Å². The first kappa shape index (κ1) is 17.1. The summed E-state index contributed by atoms with van der Waals surface area (Å²) in [6.07, 6.45) is 2.30. The van der Waals surface area contributed by atoms with Crippen molar-refractivity contribution in [2.45, 2.75) is 25.9 Å². The zero-order valence-electron chi connectivity index (χ0n) is 13.9. The van der Waals surface area contributed by atoms with Crippen LogP contribution in [0.25, 0.3) is 0 Å². The summed E-state index contributed by atoms with van der Waals surface area (Å²) in [6.45, 7) is 4.56. The predicted molar refractivity (Wildman–Crippen MR) is 99.0 cm³/mol. The topological polar surface area (TPSA) is 58.4 Å². The number of benzene rings is 1. The Labute approximate surface area is 147 Å². The number of nitrogens with one attached hydrogen (secondary N) is 1. The highest BCUT2D eigenvalue weighted by Gasteiger charge is 2.20. The Balaban J connectivity index is 1.40. The van der Waals surface area contributed by atoms with Crippen LogP contribution in [-0.4, -0.2) is 30.4 Å². The van der Waals surface area contributed by atoms with Gasteiger partial charge in [-0.2, -0.15) is 0 Å². The first-order chi connectivity index (χ1) is 11.7. The standard InChI is InChI=1S/C19H25N3OS/c20-12-15-3-5-17(6-4-15)19(23)21-13-16-7-9-22(10-8-16)14-18-2-1-11-24-18/h1-6,11,16H,7-10,12-14,20H2,(H,21,23). The summed E-state index contributed by atoms with van der Waals surface area (Å²) < 4.78 is 0. The number of amides is 1. The third-order valence-electron chi connectivity index (χ3n) is 4.67. The number of thiophene rings is 1. The maximum atomic E-state index is 12.2. The van der Waals surface area contributed by atoms with Gasteiger partial charge < -0.3 is 11.1 Å². The smallest absolute Gasteiger partial charge is 0.251 e. The van der Waals surface area contributed by atoms with Crippen LogP contribution in [0, 0.1) is 5.92 Å². The summed E-state index contributed by atoms with van der Waals surface area (Å²) in [4.78, 5) is 16.2. The largest absolute Gasteiger partial charge is 0.352 e. The normalized spacial score (nSPS) is 16.2. The van der Waals surface area contributed by atoms with E-state index in [2.05, 4.69) is 27.7 Å². The molecule has 128 valence electrons. The second kappa shape index (κ2) is 8.42. The van der Waals surface area contributed by atoms with E-state index in [1.807, 2.05) is 35.6 Å². The molecule has 24 heavy (non-hydrogen) atoms. The number of piperidine rings is 1. The molecular formula is C19H25N3OS. The van der Waals surface area contributed by atoms with E-state index in [1.54, 1.807) is 0 Å². The SMILES string of the molecule is NCc1ccc(C(=O)NCC2CCN(Cc3cccs3)CC2)cc1. The third-order valence-corrected chi connectivity index (χ3v) is 5.53. The van der Waals surface area contributed by atoms with Gasteiger partial charge in [-0.15, -0.1) is 11.3 Å². The van der Waals surface area contributed by atoms with Crippen molar-refractivity contribution in [1.29, 1.82) is 0 Å². The van der Waals surface area contributed by atoms with Crippen molar-refractivity contribution in [3.63, 3.8) is 0 Å². The number of nitrogens with zero attached hydrogens (tertiary/aromatic N) is 1. The highest BCUT2D eigenvalue weighted by molar-refractivity contribution is 7.09. The van der Waals surface area contributed by atoms with Gasteiger partial charge in [-0.1, -0.05) is 18.2 Å². The minimum absolute atomic E-state index is 0.0135. The maximum Gasteiger partial charge on any atom is 0.251 e. The van der Waals surface area contributed by atoms with Crippen LogP contribution in [0.4, 0.5) is 0 Å². The van der Waals surface area contributed by atoms with Gasteiger partial charge in [-0.25, -0.2) is 0 Å². The zero-order chi connectivity index (χ0) is 16.8. The fourth-order valence-corrected chi connectivity index (χ4v) is 3.85. The lowest BCUT2D eigenvalue weighted by Gasteiger charge is -2.31. The first-order valence-electron chi connectivity index (χ1n) is 8.56. The lowest BCUT2D eigenvalue weighted by molar-refractivity contribution is 0.0935. The Morgan fingerprint density at radius 2 is 1.96 bits per heavy atom. The average Bonchev–Trinajstić information content (AvgIpc) is 3.14. The minimum Gasteiger partial charge on any atom is -0.352 e. The van der Waals surface area contributed by atoms with E-state index in [0.29, 0.717) is 18.0 Å². The Hall–Kier alpha value is -1.69. The van der Waals surface area contributed by atoms with E-state index < -0.39 is 0 Å². The van der Waals surface area contributed by atoms with Crippen LogP contribution >= 0.6 is 11.3 Å². The Kier molecular flexibility index (Phi) is 6.01. The van der Waals surface area contributed by atoms with Gasteiger partial charge in [0.25, 0.3) is 5.91 Å². The molecule has 1 amide bonds. The van der Waals surface area contributed by atoms with Crippen LogP contribution in [-0.2, 0) is 13.1 Å². The maximum absolute atomic E-state index is 12.2. The van der Waals surface area contributed by atoms with E-state index in [9.17, 15) is 4.79 Å². The van der Waals surface area contributed by atoms with E-state index in [-0.39, 0.29) is 5.91 Å². The van der Waals surface area contributed by atoms with Gasteiger partial charge in [0.1, 0.15) is 0 Å². The van der Waals surface area contributed by atoms with E-state index in [1.165, 1.54) is 4.88 Å². The Morgan fingerprint density at radius 3 is 2.58 bits per heavy atom. The monoisotopic (exact) mass is 343 g/mol. The number of rotatable bonds is 6. The molecule has 0 saturated carbocycles. The van der Waals surface area contributed by atoms with Crippen LogP contribution in [0.1, 0.15) is 33.6 Å². The van der Waals surface area contributed by atoms with Crippen molar-refractivity contribution in [2.75, 3.05) is 19.6 Å². The molecule has 0 spiro atoms. The molecule has 1 aromatic heterocycles. The molecule has 1 aliphatic heterocycles. The summed E-state index contributed by atoms with van der Waals surface area (Å²) in [5.74, 6) is 0.594. The summed E-state index contributed by atoms with van der Waals surface area (Å²) in [7, 11) is 0. The van der Waals surface area contributed by atoms with Gasteiger partial charge in [0.2, 0.25) is 0 Å². The number of likely N-dealkylation sites (tertiary alicyclic amines) is 1. The van der Waals surface area contributed by atoms with Crippen LogP contribution in [0.5, 0.6) is 0 Å².